The quantitative estimate of drug-likeness (QED) is 0.762. The number of carbonyl (C=O) groups excluding carboxylic acids is 2. The predicted octanol–water partition coefficient (Wildman–Crippen LogP) is 2.64. The Kier molecular flexibility index (Phi) is 4.69. The number of benzene rings is 1. The van der Waals surface area contributed by atoms with Crippen molar-refractivity contribution in [1.29, 1.82) is 5.26 Å². The molecule has 0 spiro atoms. The first-order valence-corrected chi connectivity index (χ1v) is 10.0. The molecule has 2 heterocycles. The van der Waals surface area contributed by atoms with Crippen molar-refractivity contribution in [3.8, 4) is 6.07 Å². The van der Waals surface area contributed by atoms with Crippen molar-refractivity contribution in [3.05, 3.63) is 42.1 Å². The Morgan fingerprint density at radius 2 is 2.00 bits per heavy atom. The van der Waals surface area contributed by atoms with Crippen LogP contribution < -0.4 is 16.0 Å². The van der Waals surface area contributed by atoms with E-state index in [1.807, 2.05) is 24.3 Å². The fourth-order valence-corrected chi connectivity index (χ4v) is 3.91. The van der Waals surface area contributed by atoms with Gasteiger partial charge in [-0.1, -0.05) is 12.1 Å². The molecule has 0 unspecified atom stereocenters. The average molecular weight is 404 g/mol. The molecule has 1 saturated carbocycles. The number of carbonyl (C=O) groups is 2. The summed E-state index contributed by atoms with van der Waals surface area (Å²) >= 11 is 0. The first-order valence-electron chi connectivity index (χ1n) is 10.0. The highest BCUT2D eigenvalue weighted by Gasteiger charge is 2.57. The molecule has 3 N–H and O–H groups in total. The summed E-state index contributed by atoms with van der Waals surface area (Å²) in [6, 6.07) is 11.3. The molecule has 0 radical (unpaired) electrons. The Bertz CT molecular complexity index is 1040. The fourth-order valence-electron chi connectivity index (χ4n) is 3.91. The zero-order valence-electron chi connectivity index (χ0n) is 17.1. The molecule has 2 aliphatic rings. The first kappa shape index (κ1) is 19.8. The van der Waals surface area contributed by atoms with E-state index >= 15 is 0 Å². The van der Waals surface area contributed by atoms with Crippen LogP contribution in [-0.4, -0.2) is 28.3 Å². The van der Waals surface area contributed by atoms with E-state index in [-0.39, 0.29) is 11.8 Å². The minimum absolute atomic E-state index is 0.157. The van der Waals surface area contributed by atoms with Crippen molar-refractivity contribution in [3.63, 3.8) is 0 Å². The Morgan fingerprint density at radius 3 is 2.60 bits per heavy atom. The first-order chi connectivity index (χ1) is 14.3. The number of amides is 2. The van der Waals surface area contributed by atoms with Crippen molar-refractivity contribution in [1.82, 2.24) is 9.97 Å². The smallest absolute Gasteiger partial charge is 0.248 e. The number of hydrogen-bond donors (Lipinski definition) is 2. The molecule has 2 aromatic rings. The van der Waals surface area contributed by atoms with Gasteiger partial charge in [-0.2, -0.15) is 10.2 Å². The van der Waals surface area contributed by atoms with E-state index in [0.29, 0.717) is 24.7 Å². The second-order valence-corrected chi connectivity index (χ2v) is 8.49. The zero-order chi connectivity index (χ0) is 21.5. The van der Waals surface area contributed by atoms with Crippen LogP contribution in [0.15, 0.2) is 36.5 Å². The van der Waals surface area contributed by atoms with E-state index in [0.717, 1.165) is 24.1 Å². The number of nitrogens with zero attached hydrogens (tertiary/aromatic N) is 4. The van der Waals surface area contributed by atoms with Crippen LogP contribution in [0.3, 0.4) is 0 Å². The maximum absolute atomic E-state index is 13.0. The maximum Gasteiger partial charge on any atom is 0.248 e. The molecule has 1 aromatic carbocycles. The van der Waals surface area contributed by atoms with Crippen LogP contribution in [0.4, 0.5) is 17.5 Å². The third kappa shape index (κ3) is 3.26. The summed E-state index contributed by atoms with van der Waals surface area (Å²) in [5, 5.41) is 12.8. The van der Waals surface area contributed by atoms with Crippen molar-refractivity contribution >= 4 is 29.3 Å². The Hall–Kier alpha value is -3.47. The molecule has 1 aliphatic heterocycles. The van der Waals surface area contributed by atoms with E-state index in [1.165, 1.54) is 0 Å². The van der Waals surface area contributed by atoms with Crippen LogP contribution in [0.2, 0.25) is 0 Å². The summed E-state index contributed by atoms with van der Waals surface area (Å²) in [5.41, 5.74) is 5.37. The number of rotatable bonds is 6. The normalized spacial score (nSPS) is 21.4. The lowest BCUT2D eigenvalue weighted by Crippen LogP contribution is -2.35. The largest absolute Gasteiger partial charge is 0.369 e. The average Bonchev–Trinajstić information content (AvgIpc) is 3.52. The number of aromatic nitrogens is 2. The van der Waals surface area contributed by atoms with Crippen LogP contribution in [0, 0.1) is 22.7 Å². The van der Waals surface area contributed by atoms with E-state index in [4.69, 9.17) is 5.73 Å². The molecule has 0 bridgehead atoms. The number of anilines is 3. The number of primary amides is 1. The van der Waals surface area contributed by atoms with Crippen molar-refractivity contribution in [2.45, 2.75) is 38.5 Å². The van der Waals surface area contributed by atoms with Gasteiger partial charge in [0.2, 0.25) is 17.8 Å². The van der Waals surface area contributed by atoms with E-state index in [9.17, 15) is 14.9 Å². The van der Waals surface area contributed by atoms with Gasteiger partial charge < -0.3 is 11.1 Å². The monoisotopic (exact) mass is 404 g/mol. The van der Waals surface area contributed by atoms with Gasteiger partial charge in [0.05, 0.1) is 11.5 Å². The minimum Gasteiger partial charge on any atom is -0.369 e. The summed E-state index contributed by atoms with van der Waals surface area (Å²) in [6.07, 6.45) is 4.00. The van der Waals surface area contributed by atoms with Crippen molar-refractivity contribution < 1.29 is 9.59 Å². The Morgan fingerprint density at radius 1 is 1.30 bits per heavy atom. The van der Waals surface area contributed by atoms with Crippen LogP contribution in [-0.2, 0) is 15.0 Å². The van der Waals surface area contributed by atoms with Crippen LogP contribution in [0.1, 0.15) is 38.7 Å². The SMILES string of the molecule is CC(C)(C(N)=O)c1ccc(Nc2nccc(N3CC[C@@](C#N)(C4CC4)C3=O)n2)cc1. The summed E-state index contributed by atoms with van der Waals surface area (Å²) < 4.78 is 0. The molecule has 8 heteroatoms. The summed E-state index contributed by atoms with van der Waals surface area (Å²) in [6.45, 7) is 4.04. The number of nitrogens with two attached hydrogens (primary N) is 1. The molecular formula is C22H24N6O2. The van der Waals surface area contributed by atoms with Gasteiger partial charge in [-0.05, 0) is 62.8 Å². The van der Waals surface area contributed by atoms with Crippen LogP contribution in [0.25, 0.3) is 0 Å². The second-order valence-electron chi connectivity index (χ2n) is 8.49. The molecule has 1 atom stereocenters. The van der Waals surface area contributed by atoms with Gasteiger partial charge >= 0.3 is 0 Å². The standard InChI is InChI=1S/C22H24N6O2/c1-21(2,18(24)29)14-5-7-16(8-6-14)26-20-25-11-9-17(27-20)28-12-10-22(13-23,19(28)30)15-3-4-15/h5-9,11,15H,3-4,10,12H2,1-2H3,(H2,24,29)(H,25,26,27)/t22-/m1/s1. The van der Waals surface area contributed by atoms with Gasteiger partial charge in [0, 0.05) is 18.4 Å². The lowest BCUT2D eigenvalue weighted by Gasteiger charge is -2.21. The van der Waals surface area contributed by atoms with E-state index in [2.05, 4.69) is 21.4 Å². The summed E-state index contributed by atoms with van der Waals surface area (Å²) in [7, 11) is 0. The molecule has 30 heavy (non-hydrogen) atoms. The summed E-state index contributed by atoms with van der Waals surface area (Å²) in [5.74, 6) is 0.455. The molecule has 2 fully saturated rings. The van der Waals surface area contributed by atoms with Gasteiger partial charge in [-0.15, -0.1) is 0 Å². The highest BCUT2D eigenvalue weighted by atomic mass is 16.2. The van der Waals surface area contributed by atoms with Crippen molar-refractivity contribution in [2.75, 3.05) is 16.8 Å². The van der Waals surface area contributed by atoms with Crippen LogP contribution in [0.5, 0.6) is 0 Å². The van der Waals surface area contributed by atoms with Gasteiger partial charge in [-0.3, -0.25) is 14.5 Å². The number of hydrogen-bond acceptors (Lipinski definition) is 6. The highest BCUT2D eigenvalue weighted by Crippen LogP contribution is 2.51. The molecule has 1 aromatic heterocycles. The van der Waals surface area contributed by atoms with E-state index < -0.39 is 16.7 Å². The lowest BCUT2D eigenvalue weighted by atomic mass is 9.83. The molecule has 1 saturated heterocycles. The van der Waals surface area contributed by atoms with Crippen LogP contribution >= 0.6 is 0 Å². The van der Waals surface area contributed by atoms with Crippen molar-refractivity contribution in [2.24, 2.45) is 17.1 Å². The Labute approximate surface area is 175 Å². The van der Waals surface area contributed by atoms with E-state index in [1.54, 1.807) is 31.0 Å². The summed E-state index contributed by atoms with van der Waals surface area (Å²) in [4.78, 5) is 34.9. The van der Waals surface area contributed by atoms with Gasteiger partial charge in [0.25, 0.3) is 0 Å². The fraction of sp³-hybridized carbons (Fsp3) is 0.409. The highest BCUT2D eigenvalue weighted by molar-refractivity contribution is 6.01. The topological polar surface area (TPSA) is 125 Å². The van der Waals surface area contributed by atoms with Gasteiger partial charge in [0.15, 0.2) is 0 Å². The van der Waals surface area contributed by atoms with Gasteiger partial charge in [0.1, 0.15) is 11.2 Å². The second kappa shape index (κ2) is 7.10. The molecule has 4 rings (SSSR count). The van der Waals surface area contributed by atoms with Gasteiger partial charge in [-0.25, -0.2) is 4.98 Å². The zero-order valence-corrected chi connectivity index (χ0v) is 17.1. The number of nitrogens with one attached hydrogen (secondary N) is 1. The lowest BCUT2D eigenvalue weighted by molar-refractivity contribution is -0.124. The molecule has 154 valence electrons. The molecular weight excluding hydrogens is 380 g/mol. The molecule has 1 aliphatic carbocycles. The molecule has 8 nitrogen and oxygen atoms in total. The third-order valence-electron chi connectivity index (χ3n) is 6.23. The third-order valence-corrected chi connectivity index (χ3v) is 6.23. The Balaban J connectivity index is 1.52. The minimum atomic E-state index is -0.901. The number of nitriles is 1. The predicted molar refractivity (Wildman–Crippen MR) is 112 cm³/mol. The maximum atomic E-state index is 13.0. The molecule has 2 amide bonds.